The first-order chi connectivity index (χ1) is 10.6. The Morgan fingerprint density at radius 2 is 1.96 bits per heavy atom. The third kappa shape index (κ3) is 3.71. The van der Waals surface area contributed by atoms with Gasteiger partial charge in [0.25, 0.3) is 0 Å². The summed E-state index contributed by atoms with van der Waals surface area (Å²) in [4.78, 5) is 10.9. The number of hydrogen-bond acceptors (Lipinski definition) is 1. The minimum atomic E-state index is -4.67. The molecule has 8 heteroatoms. The van der Waals surface area contributed by atoms with Crippen molar-refractivity contribution in [1.29, 1.82) is 0 Å². The zero-order valence-electron chi connectivity index (χ0n) is 11.7. The van der Waals surface area contributed by atoms with E-state index in [9.17, 15) is 18.0 Å². The summed E-state index contributed by atoms with van der Waals surface area (Å²) in [6, 6.07) is 4.95. The van der Waals surface area contributed by atoms with Gasteiger partial charge in [0.15, 0.2) is 0 Å². The van der Waals surface area contributed by atoms with Crippen molar-refractivity contribution in [1.82, 2.24) is 4.57 Å². The summed E-state index contributed by atoms with van der Waals surface area (Å²) < 4.78 is 41.0. The van der Waals surface area contributed by atoms with E-state index < -0.39 is 17.7 Å². The van der Waals surface area contributed by atoms with Gasteiger partial charge in [-0.05, 0) is 37.3 Å². The highest BCUT2D eigenvalue weighted by molar-refractivity contribution is 6.36. The average Bonchev–Trinajstić information content (AvgIpc) is 2.84. The maximum absolute atomic E-state index is 13.3. The highest BCUT2D eigenvalue weighted by Gasteiger charge is 2.35. The van der Waals surface area contributed by atoms with E-state index in [0.717, 1.165) is 6.07 Å². The Morgan fingerprint density at radius 3 is 2.52 bits per heavy atom. The van der Waals surface area contributed by atoms with Gasteiger partial charge in [0.1, 0.15) is 0 Å². The molecule has 0 spiro atoms. The highest BCUT2D eigenvalue weighted by atomic mass is 35.5. The van der Waals surface area contributed by atoms with Crippen LogP contribution in [-0.4, -0.2) is 15.6 Å². The van der Waals surface area contributed by atoms with Crippen LogP contribution in [0.2, 0.25) is 10.0 Å². The zero-order valence-corrected chi connectivity index (χ0v) is 13.2. The fourth-order valence-electron chi connectivity index (χ4n) is 2.03. The number of benzene rings is 1. The lowest BCUT2D eigenvalue weighted by atomic mass is 10.1. The fraction of sp³-hybridized carbons (Fsp3) is 0.133. The van der Waals surface area contributed by atoms with Crippen LogP contribution in [0.4, 0.5) is 13.2 Å². The largest absolute Gasteiger partial charge is 0.478 e. The van der Waals surface area contributed by atoms with Crippen LogP contribution in [0.25, 0.3) is 11.8 Å². The molecule has 0 atom stereocenters. The topological polar surface area (TPSA) is 42.2 Å². The Hall–Kier alpha value is -1.92. The van der Waals surface area contributed by atoms with Crippen molar-refractivity contribution in [3.05, 3.63) is 57.3 Å². The van der Waals surface area contributed by atoms with E-state index in [4.69, 9.17) is 28.3 Å². The number of hydrogen-bond donors (Lipinski definition) is 1. The minimum Gasteiger partial charge on any atom is -0.478 e. The smallest absolute Gasteiger partial charge is 0.418 e. The van der Waals surface area contributed by atoms with E-state index in [0.29, 0.717) is 0 Å². The maximum atomic E-state index is 13.3. The van der Waals surface area contributed by atoms with Gasteiger partial charge in [-0.2, -0.15) is 13.2 Å². The molecular weight excluding hydrogens is 354 g/mol. The van der Waals surface area contributed by atoms with Gasteiger partial charge < -0.3 is 9.67 Å². The van der Waals surface area contributed by atoms with Crippen LogP contribution in [0.15, 0.2) is 36.0 Å². The maximum Gasteiger partial charge on any atom is 0.418 e. The number of carboxylic acid groups (broad SMARTS) is 1. The van der Waals surface area contributed by atoms with Gasteiger partial charge in [-0.25, -0.2) is 4.79 Å². The molecule has 0 aliphatic heterocycles. The monoisotopic (exact) mass is 363 g/mol. The van der Waals surface area contributed by atoms with E-state index >= 15 is 0 Å². The Labute approximate surface area is 139 Å². The van der Waals surface area contributed by atoms with Gasteiger partial charge in [-0.15, -0.1) is 0 Å². The quantitative estimate of drug-likeness (QED) is 0.752. The van der Waals surface area contributed by atoms with Crippen LogP contribution in [0.1, 0.15) is 18.2 Å². The van der Waals surface area contributed by atoms with Crippen molar-refractivity contribution >= 4 is 35.2 Å². The molecule has 1 aromatic carbocycles. The normalized spacial score (nSPS) is 12.5. The number of nitrogens with zero attached hydrogens (tertiary/aromatic N) is 1. The Bertz CT molecular complexity index is 795. The molecule has 1 heterocycles. The van der Waals surface area contributed by atoms with Crippen LogP contribution in [0, 0.1) is 0 Å². The average molecular weight is 364 g/mol. The van der Waals surface area contributed by atoms with Gasteiger partial charge in [0.05, 0.1) is 16.3 Å². The SMILES string of the molecule is C/C(=C\c1cccn1-c1c(Cl)cc(Cl)cc1C(F)(F)F)C(=O)O. The molecule has 122 valence electrons. The number of aromatic nitrogens is 1. The standard InChI is InChI=1S/C15H10Cl2F3NO2/c1-8(14(22)23)5-10-3-2-4-21(10)13-11(15(18,19)20)6-9(16)7-12(13)17/h2-7H,1H3,(H,22,23)/b8-5+. The summed E-state index contributed by atoms with van der Waals surface area (Å²) in [6.45, 7) is 1.34. The van der Waals surface area contributed by atoms with Gasteiger partial charge in [-0.1, -0.05) is 23.2 Å². The molecule has 0 saturated heterocycles. The van der Waals surface area contributed by atoms with E-state index in [1.807, 2.05) is 0 Å². The van der Waals surface area contributed by atoms with Gasteiger partial charge in [-0.3, -0.25) is 0 Å². The highest BCUT2D eigenvalue weighted by Crippen LogP contribution is 2.40. The van der Waals surface area contributed by atoms with Gasteiger partial charge in [0.2, 0.25) is 0 Å². The van der Waals surface area contributed by atoms with Crippen molar-refractivity contribution in [2.75, 3.05) is 0 Å². The second kappa shape index (κ2) is 6.29. The lowest BCUT2D eigenvalue weighted by Crippen LogP contribution is -2.12. The summed E-state index contributed by atoms with van der Waals surface area (Å²) in [7, 11) is 0. The molecule has 0 unspecified atom stereocenters. The molecule has 0 aliphatic carbocycles. The molecule has 0 fully saturated rings. The lowest BCUT2D eigenvalue weighted by molar-refractivity contribution is -0.137. The van der Waals surface area contributed by atoms with Crippen LogP contribution in [-0.2, 0) is 11.0 Å². The zero-order chi connectivity index (χ0) is 17.4. The number of alkyl halides is 3. The van der Waals surface area contributed by atoms with Crippen molar-refractivity contribution in [3.8, 4) is 5.69 Å². The van der Waals surface area contributed by atoms with Crippen LogP contribution < -0.4 is 0 Å². The Kier molecular flexibility index (Phi) is 4.77. The van der Waals surface area contributed by atoms with Crippen molar-refractivity contribution in [3.63, 3.8) is 0 Å². The molecule has 0 saturated carbocycles. The Balaban J connectivity index is 2.72. The molecule has 0 radical (unpaired) electrons. The number of rotatable bonds is 3. The molecular formula is C15H10Cl2F3NO2. The molecule has 0 aliphatic rings. The second-order valence-electron chi connectivity index (χ2n) is 4.72. The summed E-state index contributed by atoms with van der Waals surface area (Å²) in [5.74, 6) is -1.17. The third-order valence-electron chi connectivity index (χ3n) is 3.06. The summed E-state index contributed by atoms with van der Waals surface area (Å²) >= 11 is 11.6. The predicted molar refractivity (Wildman–Crippen MR) is 82.1 cm³/mol. The molecule has 2 rings (SSSR count). The minimum absolute atomic E-state index is 0.0244. The van der Waals surface area contributed by atoms with Gasteiger partial charge in [0, 0.05) is 22.5 Å². The molecule has 0 bridgehead atoms. The fourth-order valence-corrected chi connectivity index (χ4v) is 2.61. The molecule has 0 amide bonds. The molecule has 1 aromatic heterocycles. The lowest BCUT2D eigenvalue weighted by Gasteiger charge is -2.17. The van der Waals surface area contributed by atoms with E-state index in [1.165, 1.54) is 42.0 Å². The predicted octanol–water partition coefficient (Wildman–Crippen LogP) is 5.29. The van der Waals surface area contributed by atoms with Crippen LogP contribution >= 0.6 is 23.2 Å². The van der Waals surface area contributed by atoms with E-state index in [-0.39, 0.29) is 27.0 Å². The first-order valence-corrected chi connectivity index (χ1v) is 7.02. The number of aliphatic carboxylic acids is 1. The van der Waals surface area contributed by atoms with Gasteiger partial charge >= 0.3 is 12.1 Å². The van der Waals surface area contributed by atoms with E-state index in [2.05, 4.69) is 0 Å². The first-order valence-electron chi connectivity index (χ1n) is 6.27. The number of carboxylic acids is 1. The summed E-state index contributed by atoms with van der Waals surface area (Å²) in [5.41, 5.74) is -1.09. The van der Waals surface area contributed by atoms with E-state index in [1.54, 1.807) is 0 Å². The van der Waals surface area contributed by atoms with Crippen molar-refractivity contribution < 1.29 is 23.1 Å². The molecule has 3 nitrogen and oxygen atoms in total. The van der Waals surface area contributed by atoms with Crippen LogP contribution in [0.5, 0.6) is 0 Å². The Morgan fingerprint density at radius 1 is 1.30 bits per heavy atom. The first kappa shape index (κ1) is 17.4. The number of carbonyl (C=O) groups is 1. The summed E-state index contributed by atoms with van der Waals surface area (Å²) in [6.07, 6.45) is -2.05. The number of halogens is 5. The molecule has 2 aromatic rings. The summed E-state index contributed by atoms with van der Waals surface area (Å²) in [5, 5.41) is 8.58. The van der Waals surface area contributed by atoms with Crippen molar-refractivity contribution in [2.24, 2.45) is 0 Å². The molecule has 1 N–H and O–H groups in total. The molecule has 23 heavy (non-hydrogen) atoms. The third-order valence-corrected chi connectivity index (χ3v) is 3.56. The van der Waals surface area contributed by atoms with Crippen LogP contribution in [0.3, 0.4) is 0 Å². The second-order valence-corrected chi connectivity index (χ2v) is 5.56. The van der Waals surface area contributed by atoms with Crippen molar-refractivity contribution in [2.45, 2.75) is 13.1 Å².